The fraction of sp³-hybridized carbons (Fsp3) is 0. The van der Waals surface area contributed by atoms with Gasteiger partial charge in [0.15, 0.2) is 5.78 Å². The van der Waals surface area contributed by atoms with Crippen LogP contribution in [0.5, 0.6) is 5.75 Å². The third kappa shape index (κ3) is 2.15. The van der Waals surface area contributed by atoms with Crippen LogP contribution in [0.4, 0.5) is 0 Å². The molecule has 0 unspecified atom stereocenters. The minimum absolute atomic E-state index is 0.100. The van der Waals surface area contributed by atoms with Gasteiger partial charge < -0.3 is 9.52 Å². The third-order valence-corrected chi connectivity index (χ3v) is 3.44. The molecule has 0 bridgehead atoms. The quantitative estimate of drug-likeness (QED) is 0.723. The molecule has 0 saturated carbocycles. The minimum Gasteiger partial charge on any atom is -0.508 e. The van der Waals surface area contributed by atoms with E-state index < -0.39 is 0 Å². The number of furan rings is 1. The summed E-state index contributed by atoms with van der Waals surface area (Å²) in [5, 5.41) is 10.1. The Morgan fingerprint density at radius 3 is 2.58 bits per heavy atom. The van der Waals surface area contributed by atoms with Crippen molar-refractivity contribution in [3.8, 4) is 5.75 Å². The monoisotopic (exact) mass is 316 g/mol. The van der Waals surface area contributed by atoms with Crippen LogP contribution in [0.15, 0.2) is 57.6 Å². The van der Waals surface area contributed by atoms with Crippen LogP contribution < -0.4 is 0 Å². The smallest absolute Gasteiger partial charge is 0.196 e. The van der Waals surface area contributed by atoms with Crippen molar-refractivity contribution in [3.63, 3.8) is 0 Å². The maximum atomic E-state index is 12.4. The van der Waals surface area contributed by atoms with Gasteiger partial charge in [-0.05, 0) is 36.4 Å². The number of fused-ring (bicyclic) bond motifs is 1. The zero-order valence-corrected chi connectivity index (χ0v) is 11.3. The van der Waals surface area contributed by atoms with Gasteiger partial charge in [-0.25, -0.2) is 0 Å². The van der Waals surface area contributed by atoms with Gasteiger partial charge in [0.05, 0.1) is 5.56 Å². The molecule has 1 aromatic heterocycles. The van der Waals surface area contributed by atoms with E-state index in [0.29, 0.717) is 22.1 Å². The maximum Gasteiger partial charge on any atom is 0.196 e. The number of rotatable bonds is 2. The lowest BCUT2D eigenvalue weighted by Gasteiger charge is -1.99. The number of carbonyl (C=O) groups is 1. The summed E-state index contributed by atoms with van der Waals surface area (Å²) in [5.74, 6) is 0.0152. The van der Waals surface area contributed by atoms with E-state index in [9.17, 15) is 9.90 Å². The number of carbonyl (C=O) groups excluding carboxylic acids is 1. The Labute approximate surface area is 117 Å². The summed E-state index contributed by atoms with van der Waals surface area (Å²) in [7, 11) is 0. The van der Waals surface area contributed by atoms with Gasteiger partial charge in [-0.1, -0.05) is 15.9 Å². The van der Waals surface area contributed by atoms with Crippen LogP contribution in [0.2, 0.25) is 0 Å². The first-order valence-electron chi connectivity index (χ1n) is 5.65. The van der Waals surface area contributed by atoms with E-state index in [1.807, 2.05) is 12.1 Å². The number of hydrogen-bond acceptors (Lipinski definition) is 3. The molecule has 0 saturated heterocycles. The van der Waals surface area contributed by atoms with E-state index >= 15 is 0 Å². The maximum absolute atomic E-state index is 12.4. The van der Waals surface area contributed by atoms with Crippen molar-refractivity contribution < 1.29 is 14.3 Å². The molecule has 94 valence electrons. The first-order chi connectivity index (χ1) is 9.15. The highest BCUT2D eigenvalue weighted by Crippen LogP contribution is 2.27. The fourth-order valence-electron chi connectivity index (χ4n) is 1.95. The highest BCUT2D eigenvalue weighted by atomic mass is 79.9. The Morgan fingerprint density at radius 1 is 1.11 bits per heavy atom. The molecule has 0 fully saturated rings. The first kappa shape index (κ1) is 12.0. The van der Waals surface area contributed by atoms with E-state index in [1.165, 1.54) is 18.4 Å². The summed E-state index contributed by atoms with van der Waals surface area (Å²) >= 11 is 3.33. The molecule has 19 heavy (non-hydrogen) atoms. The standard InChI is InChI=1S/C15H9BrO3/c16-10-3-1-9(2-4-10)15(18)13-8-19-14-7-11(17)5-6-12(13)14/h1-8,17H. The van der Waals surface area contributed by atoms with Crippen molar-refractivity contribution in [1.29, 1.82) is 0 Å². The predicted octanol–water partition coefficient (Wildman–Crippen LogP) is 4.13. The van der Waals surface area contributed by atoms with Gasteiger partial charge in [-0.3, -0.25) is 4.79 Å². The lowest BCUT2D eigenvalue weighted by molar-refractivity contribution is 0.103. The molecule has 0 amide bonds. The highest BCUT2D eigenvalue weighted by Gasteiger charge is 2.15. The summed E-state index contributed by atoms with van der Waals surface area (Å²) in [4.78, 5) is 12.4. The van der Waals surface area contributed by atoms with Crippen LogP contribution in [-0.2, 0) is 0 Å². The molecule has 0 atom stereocenters. The zero-order chi connectivity index (χ0) is 13.4. The second-order valence-corrected chi connectivity index (χ2v) is 5.08. The minimum atomic E-state index is -0.100. The van der Waals surface area contributed by atoms with E-state index in [4.69, 9.17) is 4.42 Å². The van der Waals surface area contributed by atoms with Crippen LogP contribution in [0.25, 0.3) is 11.0 Å². The predicted molar refractivity (Wildman–Crippen MR) is 75.5 cm³/mol. The van der Waals surface area contributed by atoms with Gasteiger partial charge >= 0.3 is 0 Å². The largest absolute Gasteiger partial charge is 0.508 e. The first-order valence-corrected chi connectivity index (χ1v) is 6.45. The summed E-state index contributed by atoms with van der Waals surface area (Å²) in [5.41, 5.74) is 1.59. The summed E-state index contributed by atoms with van der Waals surface area (Å²) in [6, 6.07) is 11.9. The molecule has 0 radical (unpaired) electrons. The van der Waals surface area contributed by atoms with E-state index in [2.05, 4.69) is 15.9 Å². The van der Waals surface area contributed by atoms with Crippen LogP contribution in [0.1, 0.15) is 15.9 Å². The Balaban J connectivity index is 2.09. The number of benzene rings is 2. The molecule has 0 aliphatic carbocycles. The lowest BCUT2D eigenvalue weighted by atomic mass is 10.0. The van der Waals surface area contributed by atoms with Crippen LogP contribution in [0, 0.1) is 0 Å². The number of phenolic OH excluding ortho intramolecular Hbond substituents is 1. The van der Waals surface area contributed by atoms with E-state index in [0.717, 1.165) is 4.47 Å². The van der Waals surface area contributed by atoms with Crippen molar-refractivity contribution in [2.24, 2.45) is 0 Å². The zero-order valence-electron chi connectivity index (χ0n) is 9.76. The van der Waals surface area contributed by atoms with Gasteiger partial charge in [-0.15, -0.1) is 0 Å². The van der Waals surface area contributed by atoms with E-state index in [1.54, 1.807) is 18.2 Å². The summed E-state index contributed by atoms with van der Waals surface area (Å²) < 4.78 is 6.23. The van der Waals surface area contributed by atoms with Crippen molar-refractivity contribution in [2.45, 2.75) is 0 Å². The number of ketones is 1. The molecule has 0 aliphatic heterocycles. The fourth-order valence-corrected chi connectivity index (χ4v) is 2.21. The van der Waals surface area contributed by atoms with Gasteiger partial charge in [0.2, 0.25) is 0 Å². The lowest BCUT2D eigenvalue weighted by Crippen LogP contribution is -1.99. The topological polar surface area (TPSA) is 50.4 Å². The highest BCUT2D eigenvalue weighted by molar-refractivity contribution is 9.10. The number of halogens is 1. The Bertz CT molecular complexity index is 757. The molecule has 4 heteroatoms. The van der Waals surface area contributed by atoms with Crippen molar-refractivity contribution in [2.75, 3.05) is 0 Å². The molecular formula is C15H9BrO3. The average molecular weight is 317 g/mol. The summed E-state index contributed by atoms with van der Waals surface area (Å²) in [6.45, 7) is 0. The van der Waals surface area contributed by atoms with Crippen molar-refractivity contribution in [1.82, 2.24) is 0 Å². The molecule has 0 spiro atoms. The molecule has 1 heterocycles. The molecule has 2 aromatic carbocycles. The second-order valence-electron chi connectivity index (χ2n) is 4.17. The van der Waals surface area contributed by atoms with Crippen LogP contribution >= 0.6 is 15.9 Å². The molecule has 0 aliphatic rings. The SMILES string of the molecule is O=C(c1ccc(Br)cc1)c1coc2cc(O)ccc12. The number of phenols is 1. The number of hydrogen-bond donors (Lipinski definition) is 1. The Hall–Kier alpha value is -2.07. The summed E-state index contributed by atoms with van der Waals surface area (Å²) in [6.07, 6.45) is 1.43. The average Bonchev–Trinajstić information content (AvgIpc) is 2.81. The normalized spacial score (nSPS) is 10.8. The van der Waals surface area contributed by atoms with E-state index in [-0.39, 0.29) is 11.5 Å². The van der Waals surface area contributed by atoms with Gasteiger partial charge in [0, 0.05) is 21.5 Å². The van der Waals surface area contributed by atoms with Crippen molar-refractivity contribution in [3.05, 3.63) is 64.3 Å². The van der Waals surface area contributed by atoms with Crippen LogP contribution in [-0.4, -0.2) is 10.9 Å². The number of aromatic hydroxyl groups is 1. The molecule has 3 nitrogen and oxygen atoms in total. The van der Waals surface area contributed by atoms with Crippen LogP contribution in [0.3, 0.4) is 0 Å². The van der Waals surface area contributed by atoms with Crippen molar-refractivity contribution >= 4 is 32.7 Å². The second kappa shape index (κ2) is 4.55. The third-order valence-electron chi connectivity index (χ3n) is 2.91. The van der Waals surface area contributed by atoms with Gasteiger partial charge in [0.1, 0.15) is 17.6 Å². The Morgan fingerprint density at radius 2 is 1.84 bits per heavy atom. The molecular weight excluding hydrogens is 308 g/mol. The van der Waals surface area contributed by atoms with Gasteiger partial charge in [0.25, 0.3) is 0 Å². The molecule has 3 aromatic rings. The molecule has 3 rings (SSSR count). The molecule has 1 N–H and O–H groups in total. The van der Waals surface area contributed by atoms with Gasteiger partial charge in [-0.2, -0.15) is 0 Å². The Kier molecular flexibility index (Phi) is 2.87.